The van der Waals surface area contributed by atoms with Gasteiger partial charge in [0, 0.05) is 19.1 Å². The molecule has 0 amide bonds. The van der Waals surface area contributed by atoms with Crippen LogP contribution < -0.4 is 5.32 Å². The molecule has 1 rings (SSSR count). The van der Waals surface area contributed by atoms with Gasteiger partial charge in [0.05, 0.1) is 17.6 Å². The highest BCUT2D eigenvalue weighted by molar-refractivity contribution is 7.91. The Morgan fingerprint density at radius 1 is 1.43 bits per heavy atom. The summed E-state index contributed by atoms with van der Waals surface area (Å²) in [7, 11) is 0.874. The number of sulfone groups is 1. The Bertz CT molecular complexity index is 276. The number of aliphatic hydroxyl groups is 1. The molecule has 1 aliphatic heterocycles. The van der Waals surface area contributed by atoms with Gasteiger partial charge in [-0.05, 0) is 14.1 Å². The van der Waals surface area contributed by atoms with E-state index in [4.69, 9.17) is 0 Å². The van der Waals surface area contributed by atoms with Crippen LogP contribution in [0.3, 0.4) is 0 Å². The summed E-state index contributed by atoms with van der Waals surface area (Å²) < 4.78 is 22.3. The number of hydrogen-bond donors (Lipinski definition) is 2. The third-order valence-corrected chi connectivity index (χ3v) is 4.00. The third-order valence-electron chi connectivity index (χ3n) is 2.29. The molecule has 0 aliphatic carbocycles. The van der Waals surface area contributed by atoms with Crippen LogP contribution >= 0.6 is 0 Å². The fourth-order valence-electron chi connectivity index (χ4n) is 1.50. The van der Waals surface area contributed by atoms with Crippen molar-refractivity contribution < 1.29 is 13.5 Å². The van der Waals surface area contributed by atoms with Gasteiger partial charge in [0.15, 0.2) is 9.84 Å². The molecule has 0 aromatic heterocycles. The summed E-state index contributed by atoms with van der Waals surface area (Å²) in [5.74, 6) is -0.0474. The summed E-state index contributed by atoms with van der Waals surface area (Å²) in [6.45, 7) is 1.54. The van der Waals surface area contributed by atoms with Crippen molar-refractivity contribution in [2.45, 2.75) is 12.1 Å². The molecule has 84 valence electrons. The monoisotopic (exact) mass is 222 g/mol. The first-order valence-electron chi connectivity index (χ1n) is 4.67. The van der Waals surface area contributed by atoms with Crippen molar-refractivity contribution in [3.8, 4) is 0 Å². The van der Waals surface area contributed by atoms with E-state index in [1.165, 1.54) is 0 Å². The van der Waals surface area contributed by atoms with E-state index < -0.39 is 15.9 Å². The van der Waals surface area contributed by atoms with Crippen LogP contribution in [-0.2, 0) is 9.84 Å². The SMILES string of the molecule is CN(C)CCN[C@H]1CS(=O)(=O)C[C@@H]1O. The van der Waals surface area contributed by atoms with E-state index in [0.29, 0.717) is 6.54 Å². The molecule has 0 aromatic carbocycles. The molecule has 1 fully saturated rings. The van der Waals surface area contributed by atoms with Gasteiger partial charge >= 0.3 is 0 Å². The van der Waals surface area contributed by atoms with Crippen LogP contribution in [0.15, 0.2) is 0 Å². The average Bonchev–Trinajstić information content (AvgIpc) is 2.24. The zero-order chi connectivity index (χ0) is 10.8. The molecule has 0 spiro atoms. The van der Waals surface area contributed by atoms with Gasteiger partial charge in [-0.15, -0.1) is 0 Å². The van der Waals surface area contributed by atoms with Gasteiger partial charge in [-0.2, -0.15) is 0 Å². The minimum Gasteiger partial charge on any atom is -0.390 e. The Balaban J connectivity index is 2.33. The highest BCUT2D eigenvalue weighted by Gasteiger charge is 2.35. The lowest BCUT2D eigenvalue weighted by molar-refractivity contribution is 0.164. The number of hydrogen-bond acceptors (Lipinski definition) is 5. The fourth-order valence-corrected chi connectivity index (χ4v) is 3.27. The van der Waals surface area contributed by atoms with Crippen molar-refractivity contribution in [2.75, 3.05) is 38.7 Å². The Labute approximate surface area is 85.0 Å². The predicted octanol–water partition coefficient (Wildman–Crippen LogP) is -1.70. The molecule has 0 unspecified atom stereocenters. The summed E-state index contributed by atoms with van der Waals surface area (Å²) in [6, 6.07) is -0.292. The van der Waals surface area contributed by atoms with Crippen molar-refractivity contribution in [1.29, 1.82) is 0 Å². The molecule has 0 radical (unpaired) electrons. The van der Waals surface area contributed by atoms with Crippen LogP contribution in [0.2, 0.25) is 0 Å². The Hall–Kier alpha value is -0.170. The van der Waals surface area contributed by atoms with Crippen molar-refractivity contribution >= 4 is 9.84 Å². The van der Waals surface area contributed by atoms with Crippen LogP contribution in [-0.4, -0.2) is 69.3 Å². The lowest BCUT2D eigenvalue weighted by atomic mass is 10.2. The predicted molar refractivity (Wildman–Crippen MR) is 55.0 cm³/mol. The maximum absolute atomic E-state index is 11.1. The molecule has 0 bridgehead atoms. The highest BCUT2D eigenvalue weighted by atomic mass is 32.2. The van der Waals surface area contributed by atoms with Crippen molar-refractivity contribution in [2.24, 2.45) is 0 Å². The first-order chi connectivity index (χ1) is 6.41. The van der Waals surface area contributed by atoms with Crippen molar-refractivity contribution in [3.63, 3.8) is 0 Å². The maximum atomic E-state index is 11.1. The summed E-state index contributed by atoms with van der Waals surface area (Å²) in [6.07, 6.45) is -0.748. The third kappa shape index (κ3) is 3.53. The zero-order valence-electron chi connectivity index (χ0n) is 8.60. The van der Waals surface area contributed by atoms with Crippen LogP contribution in [0.1, 0.15) is 0 Å². The van der Waals surface area contributed by atoms with Gasteiger partial charge < -0.3 is 15.3 Å². The van der Waals surface area contributed by atoms with E-state index in [1.54, 1.807) is 0 Å². The van der Waals surface area contributed by atoms with Crippen LogP contribution in [0.5, 0.6) is 0 Å². The smallest absolute Gasteiger partial charge is 0.154 e. The molecule has 2 N–H and O–H groups in total. The molecule has 14 heavy (non-hydrogen) atoms. The molecule has 6 heteroatoms. The quantitative estimate of drug-likeness (QED) is 0.593. The summed E-state index contributed by atoms with van der Waals surface area (Å²) in [4.78, 5) is 2.00. The second kappa shape index (κ2) is 4.57. The molecular formula is C8H18N2O3S. The number of nitrogens with one attached hydrogen (secondary N) is 1. The minimum atomic E-state index is -3.02. The van der Waals surface area contributed by atoms with E-state index >= 15 is 0 Å². The molecule has 5 nitrogen and oxygen atoms in total. The van der Waals surface area contributed by atoms with E-state index in [-0.39, 0.29) is 17.5 Å². The van der Waals surface area contributed by atoms with E-state index in [2.05, 4.69) is 5.32 Å². The number of likely N-dealkylation sites (N-methyl/N-ethyl adjacent to an activating group) is 1. The fraction of sp³-hybridized carbons (Fsp3) is 1.00. The van der Waals surface area contributed by atoms with Gasteiger partial charge in [-0.1, -0.05) is 0 Å². The van der Waals surface area contributed by atoms with Gasteiger partial charge in [-0.25, -0.2) is 8.42 Å². The number of nitrogens with zero attached hydrogens (tertiary/aromatic N) is 1. The minimum absolute atomic E-state index is 0.0571. The first kappa shape index (κ1) is 11.9. The summed E-state index contributed by atoms with van der Waals surface area (Å²) >= 11 is 0. The summed E-state index contributed by atoms with van der Waals surface area (Å²) in [5, 5.41) is 12.5. The molecule has 2 atom stereocenters. The van der Waals surface area contributed by atoms with Gasteiger partial charge in [0.2, 0.25) is 0 Å². The van der Waals surface area contributed by atoms with Crippen LogP contribution in [0, 0.1) is 0 Å². The zero-order valence-corrected chi connectivity index (χ0v) is 9.42. The van der Waals surface area contributed by atoms with Gasteiger partial charge in [0.25, 0.3) is 0 Å². The van der Waals surface area contributed by atoms with E-state index in [0.717, 1.165) is 6.54 Å². The normalized spacial score (nSPS) is 31.1. The van der Waals surface area contributed by atoms with Gasteiger partial charge in [-0.3, -0.25) is 0 Å². The molecular weight excluding hydrogens is 204 g/mol. The van der Waals surface area contributed by atoms with Crippen LogP contribution in [0.25, 0.3) is 0 Å². The standard InChI is InChI=1S/C8H18N2O3S/c1-10(2)4-3-9-7-5-14(12,13)6-8(7)11/h7-9,11H,3-6H2,1-2H3/t7-,8-/m0/s1. The maximum Gasteiger partial charge on any atom is 0.154 e. The lowest BCUT2D eigenvalue weighted by Crippen LogP contribution is -2.41. The van der Waals surface area contributed by atoms with Crippen molar-refractivity contribution in [3.05, 3.63) is 0 Å². The molecule has 1 saturated heterocycles. The Morgan fingerprint density at radius 3 is 2.50 bits per heavy atom. The highest BCUT2D eigenvalue weighted by Crippen LogP contribution is 2.11. The number of rotatable bonds is 4. The summed E-state index contributed by atoms with van der Waals surface area (Å²) in [5.41, 5.74) is 0. The van der Waals surface area contributed by atoms with Gasteiger partial charge in [0.1, 0.15) is 0 Å². The largest absolute Gasteiger partial charge is 0.390 e. The number of aliphatic hydroxyl groups excluding tert-OH is 1. The Morgan fingerprint density at radius 2 is 2.07 bits per heavy atom. The first-order valence-corrected chi connectivity index (χ1v) is 6.49. The van der Waals surface area contributed by atoms with Crippen molar-refractivity contribution in [1.82, 2.24) is 10.2 Å². The lowest BCUT2D eigenvalue weighted by Gasteiger charge is -2.16. The topological polar surface area (TPSA) is 69.6 Å². The Kier molecular flexibility index (Phi) is 3.88. The molecule has 0 aromatic rings. The molecule has 0 saturated carbocycles. The van der Waals surface area contributed by atoms with Crippen LogP contribution in [0.4, 0.5) is 0 Å². The second-order valence-corrected chi connectivity index (χ2v) is 6.16. The molecule has 1 heterocycles. The molecule has 1 aliphatic rings. The average molecular weight is 222 g/mol. The second-order valence-electron chi connectivity index (χ2n) is 4.01. The van der Waals surface area contributed by atoms with E-state index in [9.17, 15) is 13.5 Å². The van der Waals surface area contributed by atoms with E-state index in [1.807, 2.05) is 19.0 Å².